The maximum atomic E-state index is 5.49. The van der Waals surface area contributed by atoms with Gasteiger partial charge in [0, 0.05) is 30.0 Å². The maximum Gasteiger partial charge on any atom is 0.123 e. The van der Waals surface area contributed by atoms with Crippen molar-refractivity contribution in [3.05, 3.63) is 29.3 Å². The zero-order valence-corrected chi connectivity index (χ0v) is 14.2. The molecule has 2 nitrogen and oxygen atoms in total. The van der Waals surface area contributed by atoms with Crippen LogP contribution in [0.2, 0.25) is 0 Å². The average Bonchev–Trinajstić information content (AvgIpc) is 2.40. The second-order valence-corrected chi connectivity index (χ2v) is 5.74. The highest BCUT2D eigenvalue weighted by Crippen LogP contribution is 2.23. The highest BCUT2D eigenvalue weighted by Gasteiger charge is 2.16. The molecular formula is C16H26BrNO. The molecule has 0 aliphatic heterocycles. The highest BCUT2D eigenvalue weighted by molar-refractivity contribution is 9.09. The minimum atomic E-state index is 0.641. The molecule has 3 heteroatoms. The second-order valence-electron chi connectivity index (χ2n) is 4.95. The van der Waals surface area contributed by atoms with E-state index in [-0.39, 0.29) is 0 Å². The van der Waals surface area contributed by atoms with E-state index >= 15 is 0 Å². The first-order chi connectivity index (χ1) is 9.15. The van der Waals surface area contributed by atoms with Crippen LogP contribution in [0.25, 0.3) is 0 Å². The lowest BCUT2D eigenvalue weighted by atomic mass is 10.1. The van der Waals surface area contributed by atoms with E-state index in [0.717, 1.165) is 24.2 Å². The first-order valence-electron chi connectivity index (χ1n) is 7.09. The van der Waals surface area contributed by atoms with Gasteiger partial charge >= 0.3 is 0 Å². The molecule has 19 heavy (non-hydrogen) atoms. The Labute approximate surface area is 126 Å². The minimum Gasteiger partial charge on any atom is -0.496 e. The molecule has 0 radical (unpaired) electrons. The van der Waals surface area contributed by atoms with Crippen LogP contribution in [0.5, 0.6) is 5.75 Å². The summed E-state index contributed by atoms with van der Waals surface area (Å²) in [5.41, 5.74) is 2.58. The molecule has 0 saturated carbocycles. The van der Waals surface area contributed by atoms with Crippen LogP contribution in [0.3, 0.4) is 0 Å². The Morgan fingerprint density at radius 2 is 1.95 bits per heavy atom. The van der Waals surface area contributed by atoms with Crippen molar-refractivity contribution in [2.75, 3.05) is 19.0 Å². The Balaban J connectivity index is 2.91. The summed E-state index contributed by atoms with van der Waals surface area (Å²) in [7, 11) is 1.75. The molecule has 0 aliphatic rings. The number of alkyl halides is 1. The summed E-state index contributed by atoms with van der Waals surface area (Å²) >= 11 is 3.57. The van der Waals surface area contributed by atoms with Gasteiger partial charge in [0.05, 0.1) is 7.11 Å². The van der Waals surface area contributed by atoms with Crippen LogP contribution in [0.1, 0.15) is 37.8 Å². The molecule has 0 aliphatic carbocycles. The smallest absolute Gasteiger partial charge is 0.123 e. The van der Waals surface area contributed by atoms with Crippen LogP contribution in [0.4, 0.5) is 0 Å². The summed E-state index contributed by atoms with van der Waals surface area (Å²) in [5.74, 6) is 0.996. The first kappa shape index (κ1) is 16.5. The molecule has 0 N–H and O–H groups in total. The summed E-state index contributed by atoms with van der Waals surface area (Å²) in [6.45, 7) is 8.70. The van der Waals surface area contributed by atoms with E-state index in [2.05, 4.69) is 59.8 Å². The third-order valence-corrected chi connectivity index (χ3v) is 3.99. The molecule has 0 atom stereocenters. The predicted molar refractivity (Wildman–Crippen MR) is 86.3 cm³/mol. The van der Waals surface area contributed by atoms with Gasteiger partial charge in [-0.25, -0.2) is 0 Å². The van der Waals surface area contributed by atoms with E-state index in [1.54, 1.807) is 7.11 Å². The zero-order valence-electron chi connectivity index (χ0n) is 12.6. The Hall–Kier alpha value is -0.540. The van der Waals surface area contributed by atoms with Crippen molar-refractivity contribution < 1.29 is 4.74 Å². The van der Waals surface area contributed by atoms with Gasteiger partial charge in [-0.05, 0) is 25.8 Å². The molecule has 1 aromatic rings. The van der Waals surface area contributed by atoms with Crippen LogP contribution in [-0.2, 0) is 6.54 Å². The fraction of sp³-hybridized carbons (Fsp3) is 0.625. The van der Waals surface area contributed by atoms with E-state index in [1.165, 1.54) is 24.0 Å². The number of halogens is 1. The topological polar surface area (TPSA) is 12.5 Å². The molecule has 108 valence electrons. The molecular weight excluding hydrogens is 302 g/mol. The molecule has 1 rings (SSSR count). The fourth-order valence-corrected chi connectivity index (χ4v) is 3.01. The lowest BCUT2D eigenvalue weighted by Gasteiger charge is -2.30. The van der Waals surface area contributed by atoms with Crippen molar-refractivity contribution in [1.29, 1.82) is 0 Å². The number of hydrogen-bond acceptors (Lipinski definition) is 2. The molecule has 0 saturated heterocycles. The van der Waals surface area contributed by atoms with Crippen molar-refractivity contribution in [2.45, 2.75) is 46.2 Å². The fourth-order valence-electron chi connectivity index (χ4n) is 2.55. The normalized spacial score (nSPS) is 11.3. The Morgan fingerprint density at radius 3 is 2.47 bits per heavy atom. The van der Waals surface area contributed by atoms with Crippen LogP contribution in [0.15, 0.2) is 18.2 Å². The van der Waals surface area contributed by atoms with Gasteiger partial charge in [0.2, 0.25) is 0 Å². The maximum absolute atomic E-state index is 5.49. The Bertz CT molecular complexity index is 377. The highest BCUT2D eigenvalue weighted by atomic mass is 79.9. The van der Waals surface area contributed by atoms with Crippen molar-refractivity contribution >= 4 is 15.9 Å². The molecule has 0 bridgehead atoms. The Kier molecular flexibility index (Phi) is 7.47. The first-order valence-corrected chi connectivity index (χ1v) is 8.21. The van der Waals surface area contributed by atoms with E-state index in [1.807, 2.05) is 0 Å². The van der Waals surface area contributed by atoms with Crippen molar-refractivity contribution in [1.82, 2.24) is 4.90 Å². The lowest BCUT2D eigenvalue weighted by Crippen LogP contribution is -2.35. The molecule has 0 fully saturated rings. The van der Waals surface area contributed by atoms with Crippen LogP contribution in [0, 0.1) is 6.92 Å². The number of hydrogen-bond donors (Lipinski definition) is 0. The summed E-state index contributed by atoms with van der Waals surface area (Å²) in [6, 6.07) is 7.06. The van der Waals surface area contributed by atoms with Gasteiger partial charge in [0.15, 0.2) is 0 Å². The molecule has 0 heterocycles. The second kappa shape index (κ2) is 8.60. The largest absolute Gasteiger partial charge is 0.496 e. The number of rotatable bonds is 8. The average molecular weight is 328 g/mol. The number of methoxy groups -OCH3 is 1. The quantitative estimate of drug-likeness (QED) is 0.656. The molecule has 0 aromatic heterocycles. The molecule has 1 aromatic carbocycles. The van der Waals surface area contributed by atoms with E-state index in [4.69, 9.17) is 4.74 Å². The van der Waals surface area contributed by atoms with E-state index < -0.39 is 0 Å². The van der Waals surface area contributed by atoms with Gasteiger partial charge in [-0.3, -0.25) is 4.90 Å². The standard InChI is InChI=1S/C16H26BrNO/c1-5-15(6-2)18(10-9-17)12-14-11-13(3)7-8-16(14)19-4/h7-8,11,15H,5-6,9-10,12H2,1-4H3. The number of ether oxygens (including phenoxy) is 1. The molecule has 0 spiro atoms. The van der Waals surface area contributed by atoms with Gasteiger partial charge in [0.25, 0.3) is 0 Å². The van der Waals surface area contributed by atoms with E-state index in [9.17, 15) is 0 Å². The zero-order chi connectivity index (χ0) is 14.3. The Morgan fingerprint density at radius 1 is 1.26 bits per heavy atom. The van der Waals surface area contributed by atoms with Crippen LogP contribution >= 0.6 is 15.9 Å². The van der Waals surface area contributed by atoms with Gasteiger partial charge < -0.3 is 4.74 Å². The van der Waals surface area contributed by atoms with Crippen LogP contribution < -0.4 is 4.74 Å². The summed E-state index contributed by atoms with van der Waals surface area (Å²) in [5, 5.41) is 1.01. The van der Waals surface area contributed by atoms with Gasteiger partial charge in [-0.1, -0.05) is 47.5 Å². The van der Waals surface area contributed by atoms with Gasteiger partial charge in [-0.2, -0.15) is 0 Å². The van der Waals surface area contributed by atoms with Crippen molar-refractivity contribution in [3.63, 3.8) is 0 Å². The van der Waals surface area contributed by atoms with E-state index in [0.29, 0.717) is 6.04 Å². The van der Waals surface area contributed by atoms with Crippen molar-refractivity contribution in [2.24, 2.45) is 0 Å². The minimum absolute atomic E-state index is 0.641. The van der Waals surface area contributed by atoms with Crippen molar-refractivity contribution in [3.8, 4) is 5.75 Å². The lowest BCUT2D eigenvalue weighted by molar-refractivity contribution is 0.187. The number of benzene rings is 1. The number of nitrogens with zero attached hydrogens (tertiary/aromatic N) is 1. The summed E-state index contributed by atoms with van der Waals surface area (Å²) in [4.78, 5) is 2.55. The SMILES string of the molecule is CCC(CC)N(CCBr)Cc1cc(C)ccc1OC. The van der Waals surface area contributed by atoms with Gasteiger partial charge in [-0.15, -0.1) is 0 Å². The third kappa shape index (κ3) is 4.81. The summed E-state index contributed by atoms with van der Waals surface area (Å²) in [6.07, 6.45) is 2.38. The van der Waals surface area contributed by atoms with Crippen LogP contribution in [-0.4, -0.2) is 29.9 Å². The van der Waals surface area contributed by atoms with Gasteiger partial charge in [0.1, 0.15) is 5.75 Å². The summed E-state index contributed by atoms with van der Waals surface area (Å²) < 4.78 is 5.49. The predicted octanol–water partition coefficient (Wildman–Crippen LogP) is 4.39. The monoisotopic (exact) mass is 327 g/mol. The number of aryl methyl sites for hydroxylation is 1. The third-order valence-electron chi connectivity index (χ3n) is 3.64. The molecule has 0 amide bonds. The molecule has 0 unspecified atom stereocenters.